The zero-order valence-corrected chi connectivity index (χ0v) is 14.0. The highest BCUT2D eigenvalue weighted by Crippen LogP contribution is 2.29. The second kappa shape index (κ2) is 6.95. The van der Waals surface area contributed by atoms with E-state index in [1.807, 2.05) is 0 Å². The van der Waals surface area contributed by atoms with Crippen molar-refractivity contribution in [3.8, 4) is 11.5 Å². The largest absolute Gasteiger partial charge is 0.497 e. The predicted molar refractivity (Wildman–Crippen MR) is 89.8 cm³/mol. The van der Waals surface area contributed by atoms with Crippen molar-refractivity contribution in [1.82, 2.24) is 10.2 Å². The number of nitrogens with one attached hydrogen (secondary N) is 1. The van der Waals surface area contributed by atoms with Gasteiger partial charge in [-0.2, -0.15) is 0 Å². The van der Waals surface area contributed by atoms with E-state index in [1.165, 1.54) is 11.3 Å². The molecule has 1 aromatic rings. The van der Waals surface area contributed by atoms with Crippen molar-refractivity contribution in [3.63, 3.8) is 0 Å². The Kier molecular flexibility index (Phi) is 4.74. The van der Waals surface area contributed by atoms with Gasteiger partial charge in [0.05, 0.1) is 14.2 Å². The average molecular weight is 330 g/mol. The Labute approximate surface area is 141 Å². The molecule has 24 heavy (non-hydrogen) atoms. The smallest absolute Gasteiger partial charge is 0.329 e. The molecule has 1 heterocycles. The van der Waals surface area contributed by atoms with Gasteiger partial charge in [-0.15, -0.1) is 0 Å². The van der Waals surface area contributed by atoms with E-state index in [4.69, 9.17) is 9.47 Å². The summed E-state index contributed by atoms with van der Waals surface area (Å²) in [5.41, 5.74) is 1.00. The molecule has 3 rings (SSSR count). The first-order valence-electron chi connectivity index (χ1n) is 8.22. The van der Waals surface area contributed by atoms with Crippen molar-refractivity contribution < 1.29 is 19.1 Å². The van der Waals surface area contributed by atoms with Gasteiger partial charge in [0, 0.05) is 17.7 Å². The molecule has 1 aliphatic carbocycles. The number of amides is 3. The monoisotopic (exact) mass is 330 g/mol. The van der Waals surface area contributed by atoms with Gasteiger partial charge in [0.2, 0.25) is 0 Å². The molecule has 0 bridgehead atoms. The highest BCUT2D eigenvalue weighted by molar-refractivity contribution is 6.14. The van der Waals surface area contributed by atoms with Crippen LogP contribution in [0.2, 0.25) is 0 Å². The van der Waals surface area contributed by atoms with Crippen LogP contribution in [0, 0.1) is 0 Å². The maximum Gasteiger partial charge on any atom is 0.329 e. The standard InChI is InChI=1S/C18H22N2O4/c1-23-14-9-8-12(16(11-14)24-2)10-15-17(21)20(18(22)19-15)13-6-4-3-5-7-13/h8-11,13H,3-7H2,1-2H3,(H,19,22)/b15-10-. The first kappa shape index (κ1) is 16.4. The molecule has 3 amide bonds. The Hall–Kier alpha value is -2.50. The molecular formula is C18H22N2O4. The van der Waals surface area contributed by atoms with Crippen LogP contribution in [0.3, 0.4) is 0 Å². The second-order valence-corrected chi connectivity index (χ2v) is 6.06. The summed E-state index contributed by atoms with van der Waals surface area (Å²) in [4.78, 5) is 26.3. The van der Waals surface area contributed by atoms with E-state index in [0.717, 1.165) is 25.7 Å². The molecule has 0 unspecified atom stereocenters. The Morgan fingerprint density at radius 3 is 2.54 bits per heavy atom. The van der Waals surface area contributed by atoms with E-state index in [1.54, 1.807) is 38.5 Å². The minimum absolute atomic E-state index is 0.00918. The summed E-state index contributed by atoms with van der Waals surface area (Å²) in [5.74, 6) is 0.990. The third-order valence-corrected chi connectivity index (χ3v) is 4.59. The van der Waals surface area contributed by atoms with Gasteiger partial charge in [0.1, 0.15) is 17.2 Å². The SMILES string of the molecule is COc1ccc(/C=C2\NC(=O)N(C3CCCCC3)C2=O)c(OC)c1. The highest BCUT2D eigenvalue weighted by atomic mass is 16.5. The molecule has 0 atom stereocenters. The lowest BCUT2D eigenvalue weighted by Gasteiger charge is -2.28. The fourth-order valence-corrected chi connectivity index (χ4v) is 3.31. The van der Waals surface area contributed by atoms with Crippen molar-refractivity contribution in [2.75, 3.05) is 14.2 Å². The molecule has 0 radical (unpaired) electrons. The Bertz CT molecular complexity index is 678. The molecule has 2 aliphatic rings. The van der Waals surface area contributed by atoms with Gasteiger partial charge in [-0.3, -0.25) is 9.69 Å². The number of carbonyl (C=O) groups excluding carboxylic acids is 2. The molecule has 1 N–H and O–H groups in total. The summed E-state index contributed by atoms with van der Waals surface area (Å²) in [6, 6.07) is 5.01. The van der Waals surface area contributed by atoms with Crippen molar-refractivity contribution in [2.45, 2.75) is 38.1 Å². The molecule has 6 nitrogen and oxygen atoms in total. The number of hydrogen-bond acceptors (Lipinski definition) is 4. The number of urea groups is 1. The summed E-state index contributed by atoms with van der Waals surface area (Å²) < 4.78 is 10.5. The number of nitrogens with zero attached hydrogens (tertiary/aromatic N) is 1. The van der Waals surface area contributed by atoms with E-state index in [0.29, 0.717) is 17.1 Å². The number of ether oxygens (including phenoxy) is 2. The first-order chi connectivity index (χ1) is 11.6. The van der Waals surface area contributed by atoms with Gasteiger partial charge in [-0.05, 0) is 31.1 Å². The molecule has 1 saturated carbocycles. The lowest BCUT2D eigenvalue weighted by Crippen LogP contribution is -2.41. The number of benzene rings is 1. The third kappa shape index (κ3) is 3.09. The zero-order chi connectivity index (χ0) is 17.1. The topological polar surface area (TPSA) is 67.9 Å². The van der Waals surface area contributed by atoms with E-state index < -0.39 is 0 Å². The van der Waals surface area contributed by atoms with Gasteiger partial charge in [-0.25, -0.2) is 4.79 Å². The van der Waals surface area contributed by atoms with Crippen LogP contribution in [0.1, 0.15) is 37.7 Å². The van der Waals surface area contributed by atoms with E-state index in [2.05, 4.69) is 5.32 Å². The van der Waals surface area contributed by atoms with Crippen LogP contribution in [-0.4, -0.2) is 37.1 Å². The van der Waals surface area contributed by atoms with Crippen LogP contribution >= 0.6 is 0 Å². The molecular weight excluding hydrogens is 308 g/mol. The van der Waals surface area contributed by atoms with Gasteiger partial charge >= 0.3 is 6.03 Å². The summed E-state index contributed by atoms with van der Waals surface area (Å²) >= 11 is 0. The maximum absolute atomic E-state index is 12.7. The molecule has 1 saturated heterocycles. The molecule has 6 heteroatoms. The van der Waals surface area contributed by atoms with Crippen LogP contribution in [0.15, 0.2) is 23.9 Å². The van der Waals surface area contributed by atoms with Crippen molar-refractivity contribution >= 4 is 18.0 Å². The highest BCUT2D eigenvalue weighted by Gasteiger charge is 2.39. The third-order valence-electron chi connectivity index (χ3n) is 4.59. The number of imide groups is 1. The second-order valence-electron chi connectivity index (χ2n) is 6.06. The van der Waals surface area contributed by atoms with Crippen molar-refractivity contribution in [2.24, 2.45) is 0 Å². The molecule has 1 aliphatic heterocycles. The molecule has 0 spiro atoms. The van der Waals surface area contributed by atoms with E-state index in [9.17, 15) is 9.59 Å². The van der Waals surface area contributed by atoms with Crippen LogP contribution in [0.25, 0.3) is 6.08 Å². The quantitative estimate of drug-likeness (QED) is 0.681. The average Bonchev–Trinajstić information content (AvgIpc) is 2.89. The molecule has 128 valence electrons. The zero-order valence-electron chi connectivity index (χ0n) is 14.0. The number of rotatable bonds is 4. The van der Waals surface area contributed by atoms with Gasteiger partial charge < -0.3 is 14.8 Å². The van der Waals surface area contributed by atoms with Gasteiger partial charge in [0.25, 0.3) is 5.91 Å². The van der Waals surface area contributed by atoms with Crippen molar-refractivity contribution in [3.05, 3.63) is 29.5 Å². The van der Waals surface area contributed by atoms with Gasteiger partial charge in [-0.1, -0.05) is 19.3 Å². The lowest BCUT2D eigenvalue weighted by atomic mass is 9.94. The maximum atomic E-state index is 12.7. The molecule has 1 aromatic carbocycles. The van der Waals surface area contributed by atoms with E-state index in [-0.39, 0.29) is 23.7 Å². The Morgan fingerprint density at radius 1 is 1.12 bits per heavy atom. The van der Waals surface area contributed by atoms with Crippen LogP contribution in [0.4, 0.5) is 4.79 Å². The number of methoxy groups -OCH3 is 2. The summed E-state index contributed by atoms with van der Waals surface area (Å²) in [7, 11) is 3.13. The first-order valence-corrected chi connectivity index (χ1v) is 8.22. The van der Waals surface area contributed by atoms with Gasteiger partial charge in [0.15, 0.2) is 0 Å². The summed E-state index contributed by atoms with van der Waals surface area (Å²) in [6.07, 6.45) is 6.73. The summed E-state index contributed by atoms with van der Waals surface area (Å²) in [5, 5.41) is 2.69. The number of hydrogen-bond donors (Lipinski definition) is 1. The van der Waals surface area contributed by atoms with E-state index >= 15 is 0 Å². The number of carbonyl (C=O) groups is 2. The van der Waals surface area contributed by atoms with Crippen LogP contribution < -0.4 is 14.8 Å². The van der Waals surface area contributed by atoms with Crippen LogP contribution in [0.5, 0.6) is 11.5 Å². The molecule has 2 fully saturated rings. The molecule has 0 aromatic heterocycles. The predicted octanol–water partition coefficient (Wildman–Crippen LogP) is 2.93. The van der Waals surface area contributed by atoms with Crippen molar-refractivity contribution in [1.29, 1.82) is 0 Å². The minimum Gasteiger partial charge on any atom is -0.497 e. The Morgan fingerprint density at radius 2 is 1.88 bits per heavy atom. The van der Waals surface area contributed by atoms with Crippen LogP contribution in [-0.2, 0) is 4.79 Å². The lowest BCUT2D eigenvalue weighted by molar-refractivity contribution is -0.124. The fraction of sp³-hybridized carbons (Fsp3) is 0.444. The Balaban J connectivity index is 1.86. The summed E-state index contributed by atoms with van der Waals surface area (Å²) in [6.45, 7) is 0. The normalized spacial score (nSPS) is 20.4. The fourth-order valence-electron chi connectivity index (χ4n) is 3.31. The minimum atomic E-state index is -0.328.